The van der Waals surface area contributed by atoms with E-state index >= 15 is 0 Å². The third kappa shape index (κ3) is 3.54. The number of nitro groups is 1. The molecule has 1 aromatic rings. The molecule has 9 heteroatoms. The first-order valence-corrected chi connectivity index (χ1v) is 7.32. The topological polar surface area (TPSA) is 101 Å². The van der Waals surface area contributed by atoms with Gasteiger partial charge in [0.1, 0.15) is 4.90 Å². The monoisotopic (exact) mass is 320 g/mol. The second kappa shape index (κ2) is 6.80. The maximum Gasteiger partial charge on any atom is 0.270 e. The Kier molecular flexibility index (Phi) is 5.63. The first-order chi connectivity index (χ1) is 9.34. The molecule has 0 radical (unpaired) electrons. The molecule has 0 fully saturated rings. The minimum atomic E-state index is -4.05. The molecule has 20 heavy (non-hydrogen) atoms. The lowest BCUT2D eigenvalue weighted by Crippen LogP contribution is -2.34. The molecule has 1 aromatic carbocycles. The van der Waals surface area contributed by atoms with Crippen LogP contribution in [0.1, 0.15) is 0 Å². The van der Waals surface area contributed by atoms with E-state index in [2.05, 4.69) is 6.58 Å². The largest absolute Gasteiger partial charge is 0.395 e. The lowest BCUT2D eigenvalue weighted by Gasteiger charge is -2.20. The Morgan fingerprint density at radius 2 is 2.15 bits per heavy atom. The third-order valence-corrected chi connectivity index (χ3v) is 4.77. The van der Waals surface area contributed by atoms with Gasteiger partial charge >= 0.3 is 0 Å². The van der Waals surface area contributed by atoms with Crippen LogP contribution < -0.4 is 0 Å². The molecule has 0 saturated heterocycles. The molecule has 0 atom stereocenters. The summed E-state index contributed by atoms with van der Waals surface area (Å²) in [5.74, 6) is 0. The average Bonchev–Trinajstić information content (AvgIpc) is 2.38. The van der Waals surface area contributed by atoms with Gasteiger partial charge in [-0.15, -0.1) is 6.58 Å². The quantitative estimate of drug-likeness (QED) is 0.465. The number of rotatable bonds is 7. The summed E-state index contributed by atoms with van der Waals surface area (Å²) in [6.45, 7) is 2.84. The molecule has 0 aliphatic heterocycles. The summed E-state index contributed by atoms with van der Waals surface area (Å²) in [6.07, 6.45) is 1.35. The smallest absolute Gasteiger partial charge is 0.270 e. The van der Waals surface area contributed by atoms with Gasteiger partial charge in [-0.05, 0) is 6.07 Å². The Hall–Kier alpha value is -1.48. The summed E-state index contributed by atoms with van der Waals surface area (Å²) in [6, 6.07) is 3.16. The molecular formula is C11H13ClN2O5S. The zero-order valence-corrected chi connectivity index (χ0v) is 12.0. The molecule has 0 aliphatic carbocycles. The van der Waals surface area contributed by atoms with E-state index in [-0.39, 0.29) is 35.3 Å². The number of nitro benzene ring substituents is 1. The lowest BCUT2D eigenvalue weighted by molar-refractivity contribution is -0.385. The van der Waals surface area contributed by atoms with Gasteiger partial charge in [-0.25, -0.2) is 8.42 Å². The molecule has 0 saturated carbocycles. The standard InChI is InChI=1S/C11H13ClN2O5S/c1-2-5-13(6-7-15)20(18,19)11-8-9(14(16)17)3-4-10(11)12/h2-4,8,15H,1,5-7H2. The van der Waals surface area contributed by atoms with Crippen molar-refractivity contribution in [2.45, 2.75) is 4.90 Å². The van der Waals surface area contributed by atoms with Crippen molar-refractivity contribution in [2.24, 2.45) is 0 Å². The number of sulfonamides is 1. The second-order valence-electron chi connectivity index (χ2n) is 3.75. The molecule has 0 aromatic heterocycles. The van der Waals surface area contributed by atoms with E-state index in [1.54, 1.807) is 0 Å². The molecule has 110 valence electrons. The van der Waals surface area contributed by atoms with Crippen molar-refractivity contribution in [3.05, 3.63) is 46.0 Å². The van der Waals surface area contributed by atoms with Crippen LogP contribution in [0.3, 0.4) is 0 Å². The van der Waals surface area contributed by atoms with Crippen LogP contribution in [0.25, 0.3) is 0 Å². The van der Waals surface area contributed by atoms with Crippen LogP contribution >= 0.6 is 11.6 Å². The van der Waals surface area contributed by atoms with E-state index in [0.717, 1.165) is 22.5 Å². The van der Waals surface area contributed by atoms with Crippen molar-refractivity contribution < 1.29 is 18.4 Å². The normalized spacial score (nSPS) is 11.6. The van der Waals surface area contributed by atoms with Crippen molar-refractivity contribution in [1.29, 1.82) is 0 Å². The van der Waals surface area contributed by atoms with Crippen molar-refractivity contribution in [1.82, 2.24) is 4.31 Å². The van der Waals surface area contributed by atoms with Gasteiger partial charge in [0.25, 0.3) is 5.69 Å². The van der Waals surface area contributed by atoms with E-state index < -0.39 is 14.9 Å². The van der Waals surface area contributed by atoms with Gasteiger partial charge in [-0.1, -0.05) is 17.7 Å². The average molecular weight is 321 g/mol. The van der Waals surface area contributed by atoms with Crippen LogP contribution in [-0.4, -0.2) is 42.4 Å². The minimum absolute atomic E-state index is 0.0398. The molecule has 1 rings (SSSR count). The summed E-state index contributed by atoms with van der Waals surface area (Å²) >= 11 is 5.81. The first-order valence-electron chi connectivity index (χ1n) is 5.50. The molecule has 1 N–H and O–H groups in total. The Bertz CT molecular complexity index is 617. The Labute approximate surface area is 121 Å². The van der Waals surface area contributed by atoms with E-state index in [0.29, 0.717) is 0 Å². The van der Waals surface area contributed by atoms with E-state index in [1.165, 1.54) is 6.08 Å². The zero-order chi connectivity index (χ0) is 15.3. The van der Waals surface area contributed by atoms with E-state index in [9.17, 15) is 18.5 Å². The summed E-state index contributed by atoms with van der Waals surface area (Å²) in [7, 11) is -4.05. The molecule has 0 unspecified atom stereocenters. The predicted molar refractivity (Wildman–Crippen MR) is 74.1 cm³/mol. The van der Waals surface area contributed by atoms with Gasteiger partial charge in [-0.2, -0.15) is 4.31 Å². The summed E-state index contributed by atoms with van der Waals surface area (Å²) in [5.41, 5.74) is -0.379. The first kappa shape index (κ1) is 16.6. The fraction of sp³-hybridized carbons (Fsp3) is 0.273. The van der Waals surface area contributed by atoms with Crippen LogP contribution in [0, 0.1) is 10.1 Å². The van der Waals surface area contributed by atoms with Crippen molar-refractivity contribution in [3.8, 4) is 0 Å². The Morgan fingerprint density at radius 3 is 2.65 bits per heavy atom. The SMILES string of the molecule is C=CCN(CCO)S(=O)(=O)c1cc([N+](=O)[O-])ccc1Cl. The third-order valence-electron chi connectivity index (χ3n) is 2.43. The van der Waals surface area contributed by atoms with E-state index in [4.69, 9.17) is 16.7 Å². The Morgan fingerprint density at radius 1 is 1.50 bits per heavy atom. The maximum atomic E-state index is 12.4. The van der Waals surface area contributed by atoms with Gasteiger partial charge in [0, 0.05) is 25.2 Å². The Balaban J connectivity index is 3.35. The highest BCUT2D eigenvalue weighted by atomic mass is 35.5. The number of aliphatic hydroxyl groups excluding tert-OH is 1. The van der Waals surface area contributed by atoms with Crippen molar-refractivity contribution >= 4 is 27.3 Å². The number of hydrogen-bond acceptors (Lipinski definition) is 5. The number of nitrogens with zero attached hydrogens (tertiary/aromatic N) is 2. The van der Waals surface area contributed by atoms with E-state index in [1.807, 2.05) is 0 Å². The number of hydrogen-bond donors (Lipinski definition) is 1. The predicted octanol–water partition coefficient (Wildman–Crippen LogP) is 1.42. The van der Waals surface area contributed by atoms with Gasteiger partial charge in [0.15, 0.2) is 0 Å². The fourth-order valence-electron chi connectivity index (χ4n) is 1.51. The number of halogens is 1. The summed E-state index contributed by atoms with van der Waals surface area (Å²) in [5, 5.41) is 19.5. The minimum Gasteiger partial charge on any atom is -0.395 e. The summed E-state index contributed by atoms with van der Waals surface area (Å²) in [4.78, 5) is 9.63. The van der Waals surface area contributed by atoms with Crippen LogP contribution in [0.5, 0.6) is 0 Å². The molecule has 7 nitrogen and oxygen atoms in total. The molecule has 0 bridgehead atoms. The lowest BCUT2D eigenvalue weighted by atomic mass is 10.3. The summed E-state index contributed by atoms with van der Waals surface area (Å²) < 4.78 is 25.7. The molecule has 0 heterocycles. The zero-order valence-electron chi connectivity index (χ0n) is 10.4. The highest BCUT2D eigenvalue weighted by Gasteiger charge is 2.27. The van der Waals surface area contributed by atoms with Gasteiger partial charge in [0.05, 0.1) is 16.6 Å². The van der Waals surface area contributed by atoms with Crippen LogP contribution in [0.4, 0.5) is 5.69 Å². The molecule has 0 amide bonds. The van der Waals surface area contributed by atoms with Crippen molar-refractivity contribution in [3.63, 3.8) is 0 Å². The van der Waals surface area contributed by atoms with Gasteiger partial charge < -0.3 is 5.11 Å². The van der Waals surface area contributed by atoms with Crippen LogP contribution in [-0.2, 0) is 10.0 Å². The molecular weight excluding hydrogens is 308 g/mol. The fourth-order valence-corrected chi connectivity index (χ4v) is 3.40. The van der Waals surface area contributed by atoms with Gasteiger partial charge in [0.2, 0.25) is 10.0 Å². The van der Waals surface area contributed by atoms with Gasteiger partial charge in [-0.3, -0.25) is 10.1 Å². The molecule has 0 spiro atoms. The van der Waals surface area contributed by atoms with Crippen LogP contribution in [0.2, 0.25) is 5.02 Å². The maximum absolute atomic E-state index is 12.4. The number of benzene rings is 1. The van der Waals surface area contributed by atoms with Crippen LogP contribution in [0.15, 0.2) is 35.7 Å². The highest BCUT2D eigenvalue weighted by Crippen LogP contribution is 2.28. The molecule has 0 aliphatic rings. The number of aliphatic hydroxyl groups is 1. The second-order valence-corrected chi connectivity index (χ2v) is 6.06. The van der Waals surface area contributed by atoms with Crippen molar-refractivity contribution in [2.75, 3.05) is 19.7 Å². The number of non-ortho nitro benzene ring substituents is 1. The highest BCUT2D eigenvalue weighted by molar-refractivity contribution is 7.89.